The number of hydrogen-bond acceptors (Lipinski definition) is 5. The molecule has 0 bridgehead atoms. The zero-order valence-corrected chi connectivity index (χ0v) is 17.1. The van der Waals surface area contributed by atoms with E-state index in [4.69, 9.17) is 0 Å². The van der Waals surface area contributed by atoms with Crippen molar-refractivity contribution in [2.24, 2.45) is 0 Å². The maximum atomic E-state index is 12.6. The summed E-state index contributed by atoms with van der Waals surface area (Å²) in [4.78, 5) is 14.3. The first-order valence-corrected chi connectivity index (χ1v) is 9.20. The van der Waals surface area contributed by atoms with Crippen molar-refractivity contribution in [3.63, 3.8) is 0 Å². The lowest BCUT2D eigenvalue weighted by atomic mass is 10.2. The van der Waals surface area contributed by atoms with Crippen LogP contribution in [0.25, 0.3) is 5.69 Å². The number of carbonyl (C=O) groups excluding carboxylic acids is 1. The number of aromatic nitrogens is 6. The first-order chi connectivity index (χ1) is 13.3. The van der Waals surface area contributed by atoms with Crippen molar-refractivity contribution >= 4 is 11.7 Å². The van der Waals surface area contributed by atoms with E-state index in [9.17, 15) is 4.79 Å². The molecule has 0 aliphatic heterocycles. The van der Waals surface area contributed by atoms with Crippen LogP contribution in [0.2, 0.25) is 0 Å². The van der Waals surface area contributed by atoms with Gasteiger partial charge in [-0.15, -0.1) is 5.10 Å². The molecule has 1 aromatic carbocycles. The highest BCUT2D eigenvalue weighted by molar-refractivity contribution is 5.89. The van der Waals surface area contributed by atoms with Crippen LogP contribution in [0.5, 0.6) is 0 Å². The molecule has 0 aliphatic carbocycles. The number of rotatable bonds is 5. The summed E-state index contributed by atoms with van der Waals surface area (Å²) in [6.07, 6.45) is 0. The molecule has 0 aliphatic rings. The third-order valence-electron chi connectivity index (χ3n) is 4.69. The minimum Gasteiger partial charge on any atom is -0.323 e. The first kappa shape index (κ1) is 19.5. The quantitative estimate of drug-likeness (QED) is 0.732. The fourth-order valence-electron chi connectivity index (χ4n) is 3.11. The SMILES string of the molecule is Cc1nn(C(C)C)c(C)c1CN(C)C(=O)Nc1ccc(-n2nnnc2C)cc1. The number of urea groups is 1. The van der Waals surface area contributed by atoms with Gasteiger partial charge in [0.15, 0.2) is 5.82 Å². The lowest BCUT2D eigenvalue weighted by molar-refractivity contribution is 0.220. The van der Waals surface area contributed by atoms with Gasteiger partial charge < -0.3 is 10.2 Å². The second-order valence-electron chi connectivity index (χ2n) is 7.16. The van der Waals surface area contributed by atoms with Gasteiger partial charge in [-0.25, -0.2) is 4.79 Å². The molecule has 148 valence electrons. The summed E-state index contributed by atoms with van der Waals surface area (Å²) in [6, 6.07) is 7.49. The van der Waals surface area contributed by atoms with Gasteiger partial charge >= 0.3 is 6.03 Å². The number of hydrogen-bond donors (Lipinski definition) is 1. The van der Waals surface area contributed by atoms with Crippen molar-refractivity contribution in [1.29, 1.82) is 0 Å². The summed E-state index contributed by atoms with van der Waals surface area (Å²) in [5, 5.41) is 18.9. The normalized spacial score (nSPS) is 11.1. The highest BCUT2D eigenvalue weighted by Crippen LogP contribution is 2.19. The molecule has 2 heterocycles. The Morgan fingerprint density at radius 3 is 2.39 bits per heavy atom. The van der Waals surface area contributed by atoms with Crippen LogP contribution in [0, 0.1) is 20.8 Å². The average Bonchev–Trinajstić information content (AvgIpc) is 3.20. The molecule has 2 aromatic heterocycles. The Morgan fingerprint density at radius 1 is 1.18 bits per heavy atom. The summed E-state index contributed by atoms with van der Waals surface area (Å²) in [5.41, 5.74) is 4.66. The van der Waals surface area contributed by atoms with Crippen molar-refractivity contribution in [3.8, 4) is 5.69 Å². The second-order valence-corrected chi connectivity index (χ2v) is 7.16. The van der Waals surface area contributed by atoms with E-state index in [0.717, 1.165) is 22.6 Å². The molecule has 0 spiro atoms. The Labute approximate surface area is 164 Å². The Kier molecular flexibility index (Phi) is 5.43. The number of aryl methyl sites for hydroxylation is 2. The molecular weight excluding hydrogens is 356 g/mol. The number of nitrogens with zero attached hydrogens (tertiary/aromatic N) is 7. The van der Waals surface area contributed by atoms with Gasteiger partial charge in [-0.05, 0) is 69.3 Å². The van der Waals surface area contributed by atoms with Gasteiger partial charge in [0.1, 0.15) is 0 Å². The third-order valence-corrected chi connectivity index (χ3v) is 4.69. The Hall–Kier alpha value is -3.23. The van der Waals surface area contributed by atoms with Crippen LogP contribution in [0.4, 0.5) is 10.5 Å². The summed E-state index contributed by atoms with van der Waals surface area (Å²) in [5.74, 6) is 0.698. The molecule has 28 heavy (non-hydrogen) atoms. The van der Waals surface area contributed by atoms with Crippen molar-refractivity contribution in [3.05, 3.63) is 47.0 Å². The molecule has 2 amide bonds. The highest BCUT2D eigenvalue weighted by atomic mass is 16.2. The fraction of sp³-hybridized carbons (Fsp3) is 0.421. The van der Waals surface area contributed by atoms with Crippen LogP contribution in [-0.2, 0) is 6.54 Å². The largest absolute Gasteiger partial charge is 0.323 e. The molecule has 3 aromatic rings. The molecule has 3 rings (SSSR count). The molecule has 0 unspecified atom stereocenters. The van der Waals surface area contributed by atoms with Gasteiger partial charge in [0, 0.05) is 30.0 Å². The molecule has 9 nitrogen and oxygen atoms in total. The highest BCUT2D eigenvalue weighted by Gasteiger charge is 2.17. The summed E-state index contributed by atoms with van der Waals surface area (Å²) < 4.78 is 3.63. The minimum atomic E-state index is -0.178. The Bertz CT molecular complexity index is 970. The molecule has 0 fully saturated rings. The number of nitrogens with one attached hydrogen (secondary N) is 1. The van der Waals surface area contributed by atoms with E-state index < -0.39 is 0 Å². The number of amides is 2. The van der Waals surface area contributed by atoms with Crippen molar-refractivity contribution in [2.75, 3.05) is 12.4 Å². The maximum Gasteiger partial charge on any atom is 0.321 e. The minimum absolute atomic E-state index is 0.178. The predicted molar refractivity (Wildman–Crippen MR) is 106 cm³/mol. The topological polar surface area (TPSA) is 93.8 Å². The van der Waals surface area contributed by atoms with Crippen LogP contribution in [0.15, 0.2) is 24.3 Å². The smallest absolute Gasteiger partial charge is 0.321 e. The zero-order valence-electron chi connectivity index (χ0n) is 17.1. The molecule has 0 saturated carbocycles. The molecular formula is C19H26N8O. The monoisotopic (exact) mass is 382 g/mol. The van der Waals surface area contributed by atoms with Gasteiger partial charge in [-0.1, -0.05) is 0 Å². The summed E-state index contributed by atoms with van der Waals surface area (Å²) >= 11 is 0. The molecule has 0 radical (unpaired) electrons. The van der Waals surface area contributed by atoms with E-state index in [0.29, 0.717) is 18.1 Å². The number of tetrazole rings is 1. The van der Waals surface area contributed by atoms with Gasteiger partial charge in [-0.2, -0.15) is 9.78 Å². The van der Waals surface area contributed by atoms with Crippen LogP contribution in [0.3, 0.4) is 0 Å². The van der Waals surface area contributed by atoms with Crippen LogP contribution >= 0.6 is 0 Å². The van der Waals surface area contributed by atoms with E-state index in [1.807, 2.05) is 49.7 Å². The zero-order chi connectivity index (χ0) is 20.4. The number of benzene rings is 1. The van der Waals surface area contributed by atoms with Gasteiger partial charge in [0.25, 0.3) is 0 Å². The van der Waals surface area contributed by atoms with Gasteiger partial charge in [0.05, 0.1) is 17.9 Å². The van der Waals surface area contributed by atoms with E-state index in [1.54, 1.807) is 16.6 Å². The number of carbonyl (C=O) groups is 1. The van der Waals surface area contributed by atoms with Crippen LogP contribution in [-0.4, -0.2) is 48.0 Å². The molecule has 0 saturated heterocycles. The Morgan fingerprint density at radius 2 is 1.86 bits per heavy atom. The third kappa shape index (κ3) is 3.88. The standard InChI is InChI=1S/C19H26N8O/c1-12(2)26-14(4)18(13(3)22-26)11-25(6)19(28)20-16-7-9-17(10-8-16)27-15(5)21-23-24-27/h7-10,12H,11H2,1-6H3,(H,20,28). The van der Waals surface area contributed by atoms with Crippen molar-refractivity contribution in [1.82, 2.24) is 34.9 Å². The second kappa shape index (κ2) is 7.79. The van der Waals surface area contributed by atoms with Crippen molar-refractivity contribution < 1.29 is 4.79 Å². The van der Waals surface area contributed by atoms with Crippen LogP contribution in [0.1, 0.15) is 42.7 Å². The molecule has 9 heteroatoms. The molecule has 1 N–H and O–H groups in total. The van der Waals surface area contributed by atoms with E-state index in [2.05, 4.69) is 39.8 Å². The van der Waals surface area contributed by atoms with E-state index >= 15 is 0 Å². The van der Waals surface area contributed by atoms with Crippen LogP contribution < -0.4 is 5.32 Å². The lowest BCUT2D eigenvalue weighted by Gasteiger charge is -2.19. The first-order valence-electron chi connectivity index (χ1n) is 9.20. The van der Waals surface area contributed by atoms with E-state index in [1.165, 1.54) is 0 Å². The van der Waals surface area contributed by atoms with E-state index in [-0.39, 0.29) is 12.1 Å². The van der Waals surface area contributed by atoms with Gasteiger partial charge in [-0.3, -0.25) is 4.68 Å². The maximum absolute atomic E-state index is 12.6. The predicted octanol–water partition coefficient (Wildman–Crippen LogP) is 3.03. The Balaban J connectivity index is 1.67. The van der Waals surface area contributed by atoms with Crippen molar-refractivity contribution in [2.45, 2.75) is 47.2 Å². The fourth-order valence-corrected chi connectivity index (χ4v) is 3.11. The number of anilines is 1. The average molecular weight is 382 g/mol. The summed E-state index contributed by atoms with van der Waals surface area (Å²) in [7, 11) is 1.78. The molecule has 0 atom stereocenters. The lowest BCUT2D eigenvalue weighted by Crippen LogP contribution is -2.31. The summed E-state index contributed by atoms with van der Waals surface area (Å²) in [6.45, 7) is 10.5. The van der Waals surface area contributed by atoms with Gasteiger partial charge in [0.2, 0.25) is 0 Å².